The van der Waals surface area contributed by atoms with Crippen molar-refractivity contribution < 1.29 is 22.4 Å². The van der Waals surface area contributed by atoms with Crippen molar-refractivity contribution in [2.24, 2.45) is 0 Å². The molecule has 3 aromatic rings. The van der Waals surface area contributed by atoms with E-state index in [4.69, 9.17) is 0 Å². The lowest BCUT2D eigenvalue weighted by Gasteiger charge is -2.08. The number of rotatable bonds is 5. The number of alkyl halides is 4. The summed E-state index contributed by atoms with van der Waals surface area (Å²) in [6.45, 7) is 1.12. The molecule has 9 heteroatoms. The number of hydrogen-bond donors (Lipinski definition) is 1. The Balaban J connectivity index is 1.99. The smallest absolute Gasteiger partial charge is 0.280 e. The summed E-state index contributed by atoms with van der Waals surface area (Å²) in [5.41, 5.74) is -0.787. The van der Waals surface area contributed by atoms with Crippen LogP contribution in [0.5, 0.6) is 0 Å². The summed E-state index contributed by atoms with van der Waals surface area (Å²) in [5.74, 6) is -0.483. The molecular formula is C17H14F4N4O. The Morgan fingerprint density at radius 2 is 1.85 bits per heavy atom. The second-order valence-electron chi connectivity index (χ2n) is 5.59. The highest BCUT2D eigenvalue weighted by molar-refractivity contribution is 5.92. The van der Waals surface area contributed by atoms with Crippen molar-refractivity contribution in [1.82, 2.24) is 14.8 Å². The first-order chi connectivity index (χ1) is 12.4. The van der Waals surface area contributed by atoms with Gasteiger partial charge < -0.3 is 5.32 Å². The van der Waals surface area contributed by atoms with Crippen LogP contribution in [0.4, 0.5) is 23.2 Å². The Hall–Kier alpha value is -2.97. The van der Waals surface area contributed by atoms with E-state index in [1.807, 2.05) is 0 Å². The number of carbonyl (C=O) groups excluding carboxylic acids is 1. The number of halogens is 4. The first-order valence-corrected chi connectivity index (χ1v) is 7.66. The number of pyridine rings is 1. The molecule has 0 aliphatic heterocycles. The van der Waals surface area contributed by atoms with Gasteiger partial charge in [0.05, 0.1) is 11.1 Å². The maximum Gasteiger partial charge on any atom is 0.280 e. The van der Waals surface area contributed by atoms with Crippen LogP contribution >= 0.6 is 0 Å². The maximum absolute atomic E-state index is 13.3. The first kappa shape index (κ1) is 17.8. The number of nitrogens with zero attached hydrogens (tertiary/aromatic N) is 3. The number of aromatic nitrogens is 3. The maximum atomic E-state index is 13.3. The van der Waals surface area contributed by atoms with E-state index < -0.39 is 30.0 Å². The monoisotopic (exact) mass is 366 g/mol. The molecule has 0 aliphatic rings. The third kappa shape index (κ3) is 3.51. The molecule has 0 radical (unpaired) electrons. The first-order valence-electron chi connectivity index (χ1n) is 7.66. The molecule has 5 nitrogen and oxygen atoms in total. The van der Waals surface area contributed by atoms with Gasteiger partial charge in [0, 0.05) is 11.3 Å². The van der Waals surface area contributed by atoms with Gasteiger partial charge in [-0.3, -0.25) is 4.79 Å². The van der Waals surface area contributed by atoms with E-state index in [2.05, 4.69) is 15.4 Å². The van der Waals surface area contributed by atoms with Crippen molar-refractivity contribution in [3.63, 3.8) is 0 Å². The van der Waals surface area contributed by atoms with Gasteiger partial charge in [0.2, 0.25) is 5.91 Å². The summed E-state index contributed by atoms with van der Waals surface area (Å²) in [6, 6.07) is 9.27. The molecular weight excluding hydrogens is 352 g/mol. The second-order valence-corrected chi connectivity index (χ2v) is 5.59. The third-order valence-corrected chi connectivity index (χ3v) is 3.74. The van der Waals surface area contributed by atoms with E-state index in [0.29, 0.717) is 11.8 Å². The van der Waals surface area contributed by atoms with Gasteiger partial charge in [-0.15, -0.1) is 0 Å². The van der Waals surface area contributed by atoms with Gasteiger partial charge >= 0.3 is 0 Å². The molecule has 2 aromatic heterocycles. The molecule has 1 amide bonds. The van der Waals surface area contributed by atoms with E-state index in [1.54, 1.807) is 30.3 Å². The van der Waals surface area contributed by atoms with Crippen LogP contribution in [0.3, 0.4) is 0 Å². The van der Waals surface area contributed by atoms with Crippen molar-refractivity contribution in [1.29, 1.82) is 0 Å². The Morgan fingerprint density at radius 1 is 1.15 bits per heavy atom. The largest absolute Gasteiger partial charge is 0.324 e. The summed E-state index contributed by atoms with van der Waals surface area (Å²) in [5, 5.41) is 6.63. The van der Waals surface area contributed by atoms with E-state index in [0.717, 1.165) is 4.68 Å². The Bertz CT molecular complexity index is 941. The number of benzene rings is 1. The fourth-order valence-electron chi connectivity index (χ4n) is 2.66. The lowest BCUT2D eigenvalue weighted by molar-refractivity contribution is -0.116. The molecule has 0 unspecified atom stereocenters. The van der Waals surface area contributed by atoms with Gasteiger partial charge in [-0.2, -0.15) is 5.10 Å². The quantitative estimate of drug-likeness (QED) is 0.687. The molecule has 0 saturated heterocycles. The van der Waals surface area contributed by atoms with E-state index in [-0.39, 0.29) is 23.3 Å². The number of hydrogen-bond acceptors (Lipinski definition) is 3. The van der Waals surface area contributed by atoms with Gasteiger partial charge in [-0.25, -0.2) is 27.2 Å². The Morgan fingerprint density at radius 3 is 2.46 bits per heavy atom. The van der Waals surface area contributed by atoms with Gasteiger partial charge in [0.1, 0.15) is 12.2 Å². The fraction of sp³-hybridized carbons (Fsp3) is 0.235. The molecule has 136 valence electrons. The van der Waals surface area contributed by atoms with Crippen molar-refractivity contribution in [2.75, 3.05) is 5.32 Å². The molecule has 26 heavy (non-hydrogen) atoms. The second kappa shape index (κ2) is 7.11. The van der Waals surface area contributed by atoms with Crippen molar-refractivity contribution >= 4 is 22.6 Å². The predicted molar refractivity (Wildman–Crippen MR) is 87.3 cm³/mol. The molecule has 1 N–H and O–H groups in total. The number of amides is 1. The zero-order valence-corrected chi connectivity index (χ0v) is 13.6. The van der Waals surface area contributed by atoms with Gasteiger partial charge in [-0.05, 0) is 25.1 Å². The highest BCUT2D eigenvalue weighted by Gasteiger charge is 2.23. The van der Waals surface area contributed by atoms with Crippen LogP contribution in [0.25, 0.3) is 11.0 Å². The standard InChI is InChI=1S/C17H14F4N4O/c1-9-14-11(15(18)19)7-12(16(20)21)23-17(14)25(24-9)8-13(26)22-10-5-3-2-4-6-10/h2-7,15-16H,8H2,1H3,(H,22,26). The molecule has 0 saturated carbocycles. The van der Waals surface area contributed by atoms with Crippen molar-refractivity contribution in [3.8, 4) is 0 Å². The fourth-order valence-corrected chi connectivity index (χ4v) is 2.66. The topological polar surface area (TPSA) is 59.8 Å². The van der Waals surface area contributed by atoms with Crippen LogP contribution in [-0.2, 0) is 11.3 Å². The highest BCUT2D eigenvalue weighted by Crippen LogP contribution is 2.32. The number of carbonyl (C=O) groups is 1. The summed E-state index contributed by atoms with van der Waals surface area (Å²) >= 11 is 0. The van der Waals surface area contributed by atoms with E-state index >= 15 is 0 Å². The molecule has 0 atom stereocenters. The average molecular weight is 366 g/mol. The number of nitrogens with one attached hydrogen (secondary N) is 1. The summed E-state index contributed by atoms with van der Waals surface area (Å²) in [4.78, 5) is 15.9. The number of aryl methyl sites for hydroxylation is 1. The number of para-hydroxylation sites is 1. The van der Waals surface area contributed by atoms with Crippen LogP contribution in [0, 0.1) is 6.92 Å². The summed E-state index contributed by atoms with van der Waals surface area (Å²) < 4.78 is 53.7. The Labute approximate surface area is 145 Å². The zero-order valence-electron chi connectivity index (χ0n) is 13.6. The third-order valence-electron chi connectivity index (χ3n) is 3.74. The van der Waals surface area contributed by atoms with Gasteiger partial charge in [-0.1, -0.05) is 18.2 Å². The van der Waals surface area contributed by atoms with Crippen LogP contribution in [0.2, 0.25) is 0 Å². The minimum Gasteiger partial charge on any atom is -0.324 e. The minimum atomic E-state index is -3.02. The summed E-state index contributed by atoms with van der Waals surface area (Å²) in [6.07, 6.45) is -5.98. The molecule has 1 aromatic carbocycles. The lowest BCUT2D eigenvalue weighted by Crippen LogP contribution is -2.20. The van der Waals surface area contributed by atoms with Crippen LogP contribution in [0.1, 0.15) is 29.8 Å². The van der Waals surface area contributed by atoms with Crippen LogP contribution in [0.15, 0.2) is 36.4 Å². The van der Waals surface area contributed by atoms with E-state index in [1.165, 1.54) is 6.92 Å². The predicted octanol–water partition coefficient (Wildman–Crippen LogP) is 4.25. The van der Waals surface area contributed by atoms with Crippen LogP contribution < -0.4 is 5.32 Å². The van der Waals surface area contributed by atoms with Gasteiger partial charge in [0.25, 0.3) is 12.9 Å². The van der Waals surface area contributed by atoms with E-state index in [9.17, 15) is 22.4 Å². The van der Waals surface area contributed by atoms with Crippen molar-refractivity contribution in [2.45, 2.75) is 26.3 Å². The normalized spacial score (nSPS) is 11.5. The van der Waals surface area contributed by atoms with Crippen molar-refractivity contribution in [3.05, 3.63) is 53.3 Å². The van der Waals surface area contributed by atoms with Gasteiger partial charge in [0.15, 0.2) is 5.65 Å². The molecule has 0 bridgehead atoms. The summed E-state index contributed by atoms with van der Waals surface area (Å²) in [7, 11) is 0. The molecule has 0 fully saturated rings. The highest BCUT2D eigenvalue weighted by atomic mass is 19.3. The minimum absolute atomic E-state index is 0.0167. The lowest BCUT2D eigenvalue weighted by atomic mass is 10.1. The number of anilines is 1. The van der Waals surface area contributed by atoms with Crippen LogP contribution in [-0.4, -0.2) is 20.7 Å². The average Bonchev–Trinajstić information content (AvgIpc) is 2.90. The Kier molecular flexibility index (Phi) is 4.88. The molecule has 0 aliphatic carbocycles. The number of fused-ring (bicyclic) bond motifs is 1. The SMILES string of the molecule is Cc1nn(CC(=O)Nc2ccccc2)c2nc(C(F)F)cc(C(F)F)c12. The molecule has 2 heterocycles. The molecule has 3 rings (SSSR count). The molecule has 0 spiro atoms. The zero-order chi connectivity index (χ0) is 18.8.